The molecule has 0 spiro atoms. The third-order valence-electron chi connectivity index (χ3n) is 4.36. The first-order chi connectivity index (χ1) is 8.95. The zero-order valence-electron chi connectivity index (χ0n) is 11.2. The molecule has 1 N–H and O–H groups in total. The molecule has 1 unspecified atom stereocenters. The van der Waals surface area contributed by atoms with Crippen LogP contribution in [0.25, 0.3) is 0 Å². The first-order valence-electron chi connectivity index (χ1n) is 7.50. The van der Waals surface area contributed by atoms with Gasteiger partial charge in [0.2, 0.25) is 0 Å². The largest absolute Gasteiger partial charge is 0.367 e. The third kappa shape index (κ3) is 2.54. The van der Waals surface area contributed by atoms with Crippen LogP contribution in [0.2, 0.25) is 0 Å². The second kappa shape index (κ2) is 5.75. The first kappa shape index (κ1) is 12.0. The molecular formula is C16H24N2. The highest BCUT2D eigenvalue weighted by molar-refractivity contribution is 5.55. The fourth-order valence-corrected chi connectivity index (χ4v) is 3.37. The van der Waals surface area contributed by atoms with Crippen LogP contribution in [-0.4, -0.2) is 25.7 Å². The van der Waals surface area contributed by atoms with Crippen molar-refractivity contribution in [2.45, 2.75) is 44.6 Å². The number of hydrogen-bond acceptors (Lipinski definition) is 2. The zero-order valence-corrected chi connectivity index (χ0v) is 11.2. The van der Waals surface area contributed by atoms with E-state index >= 15 is 0 Å². The number of nitrogens with one attached hydrogen (secondary N) is 1. The third-order valence-corrected chi connectivity index (χ3v) is 4.36. The Morgan fingerprint density at radius 3 is 3.00 bits per heavy atom. The number of rotatable bonds is 1. The smallest absolute Gasteiger partial charge is 0.0414 e. The molecule has 1 fully saturated rings. The molecule has 0 bridgehead atoms. The molecule has 2 nitrogen and oxygen atoms in total. The summed E-state index contributed by atoms with van der Waals surface area (Å²) in [6, 6.07) is 9.73. The van der Waals surface area contributed by atoms with E-state index in [1.807, 2.05) is 0 Å². The second-order valence-corrected chi connectivity index (χ2v) is 5.63. The Bertz CT molecular complexity index is 380. The summed E-state index contributed by atoms with van der Waals surface area (Å²) in [6.07, 6.45) is 8.00. The quantitative estimate of drug-likeness (QED) is 0.817. The lowest BCUT2D eigenvalue weighted by molar-refractivity contribution is 0.534. The Hall–Kier alpha value is -1.02. The highest BCUT2D eigenvalue weighted by atomic mass is 15.2. The monoisotopic (exact) mass is 244 g/mol. The van der Waals surface area contributed by atoms with Gasteiger partial charge >= 0.3 is 0 Å². The number of benzene rings is 1. The summed E-state index contributed by atoms with van der Waals surface area (Å²) in [5, 5.41) is 3.60. The van der Waals surface area contributed by atoms with E-state index in [0.717, 1.165) is 6.54 Å². The first-order valence-corrected chi connectivity index (χ1v) is 7.50. The minimum Gasteiger partial charge on any atom is -0.367 e. The molecule has 1 saturated heterocycles. The van der Waals surface area contributed by atoms with E-state index in [1.165, 1.54) is 57.3 Å². The molecule has 2 heteroatoms. The van der Waals surface area contributed by atoms with Crippen LogP contribution in [0.3, 0.4) is 0 Å². The SMILES string of the molecule is c1ccc2c(c1)CCCCN2C1CCCCNC1. The fourth-order valence-electron chi connectivity index (χ4n) is 3.37. The summed E-state index contributed by atoms with van der Waals surface area (Å²) in [5.74, 6) is 0. The molecular weight excluding hydrogens is 220 g/mol. The Kier molecular flexibility index (Phi) is 3.84. The van der Waals surface area contributed by atoms with Gasteiger partial charge in [-0.15, -0.1) is 0 Å². The van der Waals surface area contributed by atoms with Crippen LogP contribution >= 0.6 is 0 Å². The van der Waals surface area contributed by atoms with Gasteiger partial charge in [0.15, 0.2) is 0 Å². The van der Waals surface area contributed by atoms with Gasteiger partial charge in [0.25, 0.3) is 0 Å². The van der Waals surface area contributed by atoms with Crippen LogP contribution in [0.15, 0.2) is 24.3 Å². The maximum atomic E-state index is 3.60. The van der Waals surface area contributed by atoms with Crippen molar-refractivity contribution in [2.75, 3.05) is 24.5 Å². The average Bonchev–Trinajstić information content (AvgIpc) is 2.79. The van der Waals surface area contributed by atoms with Crippen molar-refractivity contribution in [3.05, 3.63) is 29.8 Å². The molecule has 3 rings (SSSR count). The van der Waals surface area contributed by atoms with Crippen molar-refractivity contribution >= 4 is 5.69 Å². The van der Waals surface area contributed by atoms with Gasteiger partial charge < -0.3 is 10.2 Å². The molecule has 2 aliphatic heterocycles. The molecule has 0 amide bonds. The number of hydrogen-bond donors (Lipinski definition) is 1. The van der Waals surface area contributed by atoms with Crippen molar-refractivity contribution in [3.8, 4) is 0 Å². The Morgan fingerprint density at radius 2 is 2.00 bits per heavy atom. The summed E-state index contributed by atoms with van der Waals surface area (Å²) >= 11 is 0. The summed E-state index contributed by atoms with van der Waals surface area (Å²) in [7, 11) is 0. The molecule has 2 aliphatic rings. The van der Waals surface area contributed by atoms with Crippen LogP contribution < -0.4 is 10.2 Å². The topological polar surface area (TPSA) is 15.3 Å². The van der Waals surface area contributed by atoms with Gasteiger partial charge in [0.1, 0.15) is 0 Å². The Labute approximate surface area is 110 Å². The highest BCUT2D eigenvalue weighted by Crippen LogP contribution is 2.29. The van der Waals surface area contributed by atoms with Crippen molar-refractivity contribution in [1.29, 1.82) is 0 Å². The zero-order chi connectivity index (χ0) is 12.2. The number of nitrogens with zero attached hydrogens (tertiary/aromatic N) is 1. The molecule has 0 aromatic heterocycles. The highest BCUT2D eigenvalue weighted by Gasteiger charge is 2.23. The van der Waals surface area contributed by atoms with E-state index in [-0.39, 0.29) is 0 Å². The van der Waals surface area contributed by atoms with E-state index in [2.05, 4.69) is 34.5 Å². The molecule has 0 radical (unpaired) electrons. The van der Waals surface area contributed by atoms with Crippen LogP contribution in [0.5, 0.6) is 0 Å². The summed E-state index contributed by atoms with van der Waals surface area (Å²) in [6.45, 7) is 3.60. The minimum atomic E-state index is 0.701. The molecule has 0 saturated carbocycles. The van der Waals surface area contributed by atoms with Gasteiger partial charge in [-0.3, -0.25) is 0 Å². The van der Waals surface area contributed by atoms with Crippen LogP contribution in [0, 0.1) is 0 Å². The molecule has 1 atom stereocenters. The van der Waals surface area contributed by atoms with E-state index in [1.54, 1.807) is 5.56 Å². The number of aryl methyl sites for hydroxylation is 1. The summed E-state index contributed by atoms with van der Waals surface area (Å²) in [5.41, 5.74) is 3.06. The predicted molar refractivity (Wildman–Crippen MR) is 77.2 cm³/mol. The molecule has 18 heavy (non-hydrogen) atoms. The normalized spacial score (nSPS) is 25.1. The molecule has 0 aliphatic carbocycles. The van der Waals surface area contributed by atoms with Gasteiger partial charge in [-0.25, -0.2) is 0 Å². The maximum absolute atomic E-state index is 3.60. The van der Waals surface area contributed by atoms with Gasteiger partial charge in [-0.05, 0) is 50.3 Å². The standard InChI is InChI=1S/C16H24N2/c1-2-10-16-14(7-1)8-4-6-12-18(16)15-9-3-5-11-17-13-15/h1-2,7,10,15,17H,3-6,8-9,11-13H2. The lowest BCUT2D eigenvalue weighted by Crippen LogP contribution is -2.42. The minimum absolute atomic E-state index is 0.701. The summed E-state index contributed by atoms with van der Waals surface area (Å²) in [4.78, 5) is 2.68. The molecule has 1 aromatic rings. The molecule has 98 valence electrons. The molecule has 2 heterocycles. The van der Waals surface area contributed by atoms with Gasteiger partial charge in [-0.1, -0.05) is 24.6 Å². The van der Waals surface area contributed by atoms with Crippen LogP contribution in [-0.2, 0) is 6.42 Å². The van der Waals surface area contributed by atoms with E-state index in [9.17, 15) is 0 Å². The number of anilines is 1. The van der Waals surface area contributed by atoms with Gasteiger partial charge in [0.05, 0.1) is 0 Å². The maximum Gasteiger partial charge on any atom is 0.0414 e. The average molecular weight is 244 g/mol. The summed E-state index contributed by atoms with van der Waals surface area (Å²) < 4.78 is 0. The predicted octanol–water partition coefficient (Wildman–Crippen LogP) is 2.97. The van der Waals surface area contributed by atoms with Crippen molar-refractivity contribution in [2.24, 2.45) is 0 Å². The van der Waals surface area contributed by atoms with Crippen molar-refractivity contribution < 1.29 is 0 Å². The van der Waals surface area contributed by atoms with E-state index in [4.69, 9.17) is 0 Å². The lowest BCUT2D eigenvalue weighted by Gasteiger charge is -2.33. The number of para-hydroxylation sites is 1. The Balaban J connectivity index is 1.86. The van der Waals surface area contributed by atoms with Crippen LogP contribution in [0.4, 0.5) is 5.69 Å². The van der Waals surface area contributed by atoms with E-state index < -0.39 is 0 Å². The lowest BCUT2D eigenvalue weighted by atomic mass is 10.1. The Morgan fingerprint density at radius 1 is 1.06 bits per heavy atom. The van der Waals surface area contributed by atoms with E-state index in [0.29, 0.717) is 6.04 Å². The van der Waals surface area contributed by atoms with Crippen LogP contribution in [0.1, 0.15) is 37.7 Å². The van der Waals surface area contributed by atoms with Gasteiger partial charge in [0, 0.05) is 24.8 Å². The van der Waals surface area contributed by atoms with Crippen molar-refractivity contribution in [1.82, 2.24) is 5.32 Å². The fraction of sp³-hybridized carbons (Fsp3) is 0.625. The number of fused-ring (bicyclic) bond motifs is 1. The second-order valence-electron chi connectivity index (χ2n) is 5.63. The van der Waals surface area contributed by atoms with Crippen molar-refractivity contribution in [3.63, 3.8) is 0 Å². The molecule has 1 aromatic carbocycles. The van der Waals surface area contributed by atoms with Gasteiger partial charge in [-0.2, -0.15) is 0 Å².